The van der Waals surface area contributed by atoms with E-state index in [4.69, 9.17) is 0 Å². The number of hydrogen-bond acceptors (Lipinski definition) is 2. The fraction of sp³-hybridized carbons (Fsp3) is 0.600. The minimum absolute atomic E-state index is 0.233. The summed E-state index contributed by atoms with van der Waals surface area (Å²) in [4.78, 5) is 2.93. The maximum Gasteiger partial charge on any atom is 0.211 e. The number of nitrogens with one attached hydrogen (secondary N) is 2. The van der Waals surface area contributed by atoms with Crippen LogP contribution < -0.4 is 4.72 Å². The van der Waals surface area contributed by atoms with Gasteiger partial charge in [0.05, 0.1) is 5.75 Å². The number of rotatable bonds is 7. The van der Waals surface area contributed by atoms with Crippen molar-refractivity contribution in [3.8, 4) is 0 Å². The van der Waals surface area contributed by atoms with E-state index < -0.39 is 10.0 Å². The molecule has 4 nitrogen and oxygen atoms in total. The number of unbranched alkanes of at least 4 members (excludes halogenated alkanes) is 1. The van der Waals surface area contributed by atoms with E-state index in [2.05, 4.69) is 9.71 Å². The summed E-state index contributed by atoms with van der Waals surface area (Å²) in [5, 5.41) is 0. The van der Waals surface area contributed by atoms with Crippen LogP contribution in [-0.2, 0) is 16.4 Å². The summed E-state index contributed by atoms with van der Waals surface area (Å²) in [7, 11) is -3.06. The van der Waals surface area contributed by atoms with Crippen LogP contribution in [-0.4, -0.2) is 25.7 Å². The van der Waals surface area contributed by atoms with Gasteiger partial charge in [0.25, 0.3) is 0 Å². The van der Waals surface area contributed by atoms with Gasteiger partial charge in [0.15, 0.2) is 0 Å². The van der Waals surface area contributed by atoms with Crippen LogP contribution in [0, 0.1) is 0 Å². The molecule has 0 fully saturated rings. The molecule has 0 aromatic carbocycles. The molecule has 1 rings (SSSR count). The summed E-state index contributed by atoms with van der Waals surface area (Å²) in [6, 6.07) is 1.94. The molecule has 2 N–H and O–H groups in total. The van der Waals surface area contributed by atoms with Crippen molar-refractivity contribution in [1.29, 1.82) is 0 Å². The Morgan fingerprint density at radius 3 is 2.87 bits per heavy atom. The number of hydrogen-bond donors (Lipinski definition) is 2. The van der Waals surface area contributed by atoms with Crippen LogP contribution in [0.15, 0.2) is 18.5 Å². The first-order valence-corrected chi connectivity index (χ1v) is 6.88. The zero-order valence-electron chi connectivity index (χ0n) is 8.99. The molecule has 5 heteroatoms. The molecule has 1 aromatic heterocycles. The fourth-order valence-electron chi connectivity index (χ4n) is 1.27. The van der Waals surface area contributed by atoms with E-state index in [1.54, 1.807) is 0 Å². The fourth-order valence-corrected chi connectivity index (χ4v) is 2.50. The van der Waals surface area contributed by atoms with Gasteiger partial charge in [-0.1, -0.05) is 13.3 Å². The molecule has 0 unspecified atom stereocenters. The average molecular weight is 230 g/mol. The van der Waals surface area contributed by atoms with Crippen molar-refractivity contribution in [2.45, 2.75) is 26.2 Å². The third-order valence-electron chi connectivity index (χ3n) is 2.16. The third kappa shape index (κ3) is 4.99. The summed E-state index contributed by atoms with van der Waals surface area (Å²) < 4.78 is 25.4. The molecule has 0 saturated carbocycles. The quantitative estimate of drug-likeness (QED) is 0.741. The Hall–Kier alpha value is -0.810. The van der Waals surface area contributed by atoms with Crippen molar-refractivity contribution in [1.82, 2.24) is 9.71 Å². The van der Waals surface area contributed by atoms with Crippen LogP contribution in [0.4, 0.5) is 0 Å². The molecule has 0 aliphatic carbocycles. The smallest absolute Gasteiger partial charge is 0.211 e. The first kappa shape index (κ1) is 12.3. The van der Waals surface area contributed by atoms with E-state index in [9.17, 15) is 8.42 Å². The van der Waals surface area contributed by atoms with Crippen LogP contribution in [0.1, 0.15) is 25.3 Å². The molecule has 1 aromatic rings. The second kappa shape index (κ2) is 5.92. The Balaban J connectivity index is 2.24. The van der Waals surface area contributed by atoms with E-state index in [0.29, 0.717) is 6.54 Å². The zero-order valence-corrected chi connectivity index (χ0v) is 9.81. The maximum absolute atomic E-state index is 11.4. The largest absolute Gasteiger partial charge is 0.367 e. The van der Waals surface area contributed by atoms with Crippen LogP contribution in [0.2, 0.25) is 0 Å². The molecule has 0 atom stereocenters. The number of H-pyrrole nitrogens is 1. The van der Waals surface area contributed by atoms with Crippen molar-refractivity contribution in [3.05, 3.63) is 24.0 Å². The van der Waals surface area contributed by atoms with Gasteiger partial charge in [-0.25, -0.2) is 13.1 Å². The summed E-state index contributed by atoms with van der Waals surface area (Å²) in [5.41, 5.74) is 1.12. The Bertz CT molecular complexity index is 357. The van der Waals surface area contributed by atoms with E-state index in [1.807, 2.05) is 25.4 Å². The molecule has 0 saturated heterocycles. The lowest BCUT2D eigenvalue weighted by molar-refractivity contribution is 0.578. The van der Waals surface area contributed by atoms with Crippen LogP contribution >= 0.6 is 0 Å². The molecule has 0 spiro atoms. The molecular formula is C10H18N2O2S. The Labute approximate surface area is 91.1 Å². The van der Waals surface area contributed by atoms with Crippen molar-refractivity contribution in [2.75, 3.05) is 12.3 Å². The monoisotopic (exact) mass is 230 g/mol. The van der Waals surface area contributed by atoms with Crippen LogP contribution in [0.3, 0.4) is 0 Å². The summed E-state index contributed by atoms with van der Waals surface area (Å²) in [6.45, 7) is 2.46. The second-order valence-electron chi connectivity index (χ2n) is 3.54. The molecule has 86 valence electrons. The highest BCUT2D eigenvalue weighted by atomic mass is 32.2. The van der Waals surface area contributed by atoms with Crippen molar-refractivity contribution in [2.24, 2.45) is 0 Å². The second-order valence-corrected chi connectivity index (χ2v) is 5.46. The lowest BCUT2D eigenvalue weighted by Crippen LogP contribution is -2.28. The number of aromatic amines is 1. The Morgan fingerprint density at radius 1 is 1.47 bits per heavy atom. The predicted octanol–water partition coefficient (Wildman–Crippen LogP) is 1.28. The lowest BCUT2D eigenvalue weighted by Gasteiger charge is -2.04. The van der Waals surface area contributed by atoms with Gasteiger partial charge in [-0.15, -0.1) is 0 Å². The summed E-state index contributed by atoms with van der Waals surface area (Å²) in [6.07, 6.45) is 6.06. The topological polar surface area (TPSA) is 62.0 Å². The maximum atomic E-state index is 11.4. The van der Waals surface area contributed by atoms with Gasteiger partial charge in [-0.3, -0.25) is 0 Å². The highest BCUT2D eigenvalue weighted by Gasteiger charge is 2.07. The number of aromatic nitrogens is 1. The summed E-state index contributed by atoms with van der Waals surface area (Å²) in [5.74, 6) is 0.233. The van der Waals surface area contributed by atoms with Crippen molar-refractivity contribution in [3.63, 3.8) is 0 Å². The SMILES string of the molecule is CCCCS(=O)(=O)NCCc1cc[nH]c1. The standard InChI is InChI=1S/C10H18N2O2S/c1-2-3-8-15(13,14)12-7-5-10-4-6-11-9-10/h4,6,9,11-12H,2-3,5,7-8H2,1H3. The highest BCUT2D eigenvalue weighted by molar-refractivity contribution is 7.89. The Morgan fingerprint density at radius 2 is 2.27 bits per heavy atom. The third-order valence-corrected chi connectivity index (χ3v) is 3.63. The van der Waals surface area contributed by atoms with Gasteiger partial charge < -0.3 is 4.98 Å². The van der Waals surface area contributed by atoms with Crippen LogP contribution in [0.5, 0.6) is 0 Å². The normalized spacial score (nSPS) is 11.8. The Kier molecular flexibility index (Phi) is 4.84. The lowest BCUT2D eigenvalue weighted by atomic mass is 10.2. The van der Waals surface area contributed by atoms with Crippen LogP contribution in [0.25, 0.3) is 0 Å². The van der Waals surface area contributed by atoms with E-state index in [-0.39, 0.29) is 5.75 Å². The molecule has 0 amide bonds. The van der Waals surface area contributed by atoms with Crippen molar-refractivity contribution >= 4 is 10.0 Å². The zero-order chi connectivity index (χ0) is 11.1. The van der Waals surface area contributed by atoms with Gasteiger partial charge >= 0.3 is 0 Å². The molecule has 0 radical (unpaired) electrons. The van der Waals surface area contributed by atoms with Gasteiger partial charge in [0.1, 0.15) is 0 Å². The van der Waals surface area contributed by atoms with Gasteiger partial charge in [-0.2, -0.15) is 0 Å². The van der Waals surface area contributed by atoms with E-state index in [1.165, 1.54) is 0 Å². The van der Waals surface area contributed by atoms with Gasteiger partial charge in [0.2, 0.25) is 10.0 Å². The minimum atomic E-state index is -3.06. The van der Waals surface area contributed by atoms with Gasteiger partial charge in [0, 0.05) is 18.9 Å². The van der Waals surface area contributed by atoms with E-state index >= 15 is 0 Å². The molecule has 0 aliphatic heterocycles. The molecule has 15 heavy (non-hydrogen) atoms. The molecule has 0 aliphatic rings. The summed E-state index contributed by atoms with van der Waals surface area (Å²) >= 11 is 0. The minimum Gasteiger partial charge on any atom is -0.367 e. The molecule has 1 heterocycles. The number of sulfonamides is 1. The highest BCUT2D eigenvalue weighted by Crippen LogP contribution is 1.98. The first-order valence-electron chi connectivity index (χ1n) is 5.23. The van der Waals surface area contributed by atoms with Gasteiger partial charge in [-0.05, 0) is 24.5 Å². The molecule has 0 bridgehead atoms. The average Bonchev–Trinajstić information content (AvgIpc) is 2.67. The van der Waals surface area contributed by atoms with Crippen molar-refractivity contribution < 1.29 is 8.42 Å². The first-order chi connectivity index (χ1) is 7.14. The predicted molar refractivity (Wildman–Crippen MR) is 61.2 cm³/mol. The van der Waals surface area contributed by atoms with E-state index in [0.717, 1.165) is 24.8 Å². The molecular weight excluding hydrogens is 212 g/mol.